The van der Waals surface area contributed by atoms with Crippen LogP contribution in [0.3, 0.4) is 0 Å². The minimum Gasteiger partial charge on any atom is -0.506 e. The second-order valence-corrected chi connectivity index (χ2v) is 17.4. The van der Waals surface area contributed by atoms with E-state index in [0.29, 0.717) is 73.0 Å². The van der Waals surface area contributed by atoms with Crippen molar-refractivity contribution in [1.82, 2.24) is 25.0 Å². The van der Waals surface area contributed by atoms with E-state index >= 15 is 0 Å². The number of phenols is 1. The van der Waals surface area contributed by atoms with Gasteiger partial charge in [-0.05, 0) is 98.1 Å². The summed E-state index contributed by atoms with van der Waals surface area (Å²) in [5, 5.41) is 37.1. The molecule has 0 spiro atoms. The first-order chi connectivity index (χ1) is 31.0. The van der Waals surface area contributed by atoms with Gasteiger partial charge in [0.1, 0.15) is 11.5 Å². The average molecular weight is 906 g/mol. The number of benzene rings is 4. The first kappa shape index (κ1) is 47.3. The van der Waals surface area contributed by atoms with Crippen molar-refractivity contribution >= 4 is 42.2 Å². The van der Waals surface area contributed by atoms with Crippen molar-refractivity contribution in [3.63, 3.8) is 0 Å². The Hall–Kier alpha value is -5.71. The van der Waals surface area contributed by atoms with Gasteiger partial charge in [-0.3, -0.25) is 19.3 Å². The van der Waals surface area contributed by atoms with Crippen LogP contribution in [-0.4, -0.2) is 118 Å². The highest BCUT2D eigenvalue weighted by Crippen LogP contribution is 2.34. The normalized spacial score (nSPS) is 17.7. The van der Waals surface area contributed by atoms with Gasteiger partial charge in [-0.25, -0.2) is 4.79 Å². The van der Waals surface area contributed by atoms with Gasteiger partial charge in [0.25, 0.3) is 5.91 Å². The van der Waals surface area contributed by atoms with Crippen LogP contribution < -0.4 is 15.6 Å². The number of H-pyrrole nitrogens is 1. The fraction of sp³-hybridized carbons (Fsp3) is 0.400. The summed E-state index contributed by atoms with van der Waals surface area (Å²) in [6, 6.07) is 31.7. The number of nitrogens with zero attached hydrogens (tertiary/aromatic N) is 3. The van der Waals surface area contributed by atoms with Gasteiger partial charge in [0, 0.05) is 56.3 Å². The van der Waals surface area contributed by atoms with Crippen LogP contribution in [0.1, 0.15) is 54.0 Å². The Morgan fingerprint density at radius 1 is 0.800 bits per heavy atom. The number of fused-ring (bicyclic) bond motifs is 1. The van der Waals surface area contributed by atoms with E-state index in [9.17, 15) is 34.5 Å². The molecule has 65 heavy (non-hydrogen) atoms. The second kappa shape index (κ2) is 21.5. The molecule has 0 radical (unpaired) electrons. The van der Waals surface area contributed by atoms with Gasteiger partial charge in [-0.15, -0.1) is 0 Å². The summed E-state index contributed by atoms with van der Waals surface area (Å²) in [6.07, 6.45) is 2.54. The Morgan fingerprint density at radius 3 is 2.20 bits per heavy atom. The fourth-order valence-corrected chi connectivity index (χ4v) is 9.12. The number of hydrogen-bond acceptors (Lipinski definition) is 11. The third-order valence-electron chi connectivity index (χ3n) is 13.1. The zero-order valence-corrected chi connectivity index (χ0v) is 37.4. The molecule has 0 aliphatic carbocycles. The van der Waals surface area contributed by atoms with Crippen LogP contribution in [0.25, 0.3) is 10.9 Å². The number of likely N-dealkylation sites (tertiary alicyclic amines) is 3. The number of aromatic hydroxyl groups is 1. The van der Waals surface area contributed by atoms with Crippen LogP contribution in [0.5, 0.6) is 11.5 Å². The van der Waals surface area contributed by atoms with E-state index in [1.807, 2.05) is 29.2 Å². The summed E-state index contributed by atoms with van der Waals surface area (Å²) in [5.41, 5.74) is 0.355. The van der Waals surface area contributed by atoms with Gasteiger partial charge >= 0.3 is 5.97 Å². The maximum absolute atomic E-state index is 13.9. The number of aromatic nitrogens is 1. The highest BCUT2D eigenvalue weighted by molar-refractivity contribution is 7.59. The number of phenolic OH excluding ortho intramolecular Hbond substituents is 1. The molecule has 0 saturated carbocycles. The molecule has 2 atom stereocenters. The smallest absolute Gasteiger partial charge is 0.347 e. The summed E-state index contributed by atoms with van der Waals surface area (Å²) in [7, 11) is 0. The Kier molecular flexibility index (Phi) is 15.6. The Bertz CT molecular complexity index is 2450. The molecule has 4 heterocycles. The molecule has 8 rings (SSSR count). The van der Waals surface area contributed by atoms with E-state index in [-0.39, 0.29) is 67.2 Å². The fourth-order valence-electron chi connectivity index (χ4n) is 9.12. The number of aliphatic hydroxyl groups excluding tert-OH is 1. The SMILES string of the molecule is O=C(COc1cccc([C@](O)(C(=O)OCC2CCN(Cc3ccccc3)CC2)c2ccccc2)c1)N1CC(C(=O)N2CCC(CNC[C@H](O)c3ccc(O)c4[nH]c(=O)ccc34)CC2)C1.S. The van der Waals surface area contributed by atoms with Gasteiger partial charge in [0.2, 0.25) is 17.1 Å². The van der Waals surface area contributed by atoms with E-state index in [0.717, 1.165) is 45.3 Å². The van der Waals surface area contributed by atoms with Crippen molar-refractivity contribution in [3.05, 3.63) is 142 Å². The lowest BCUT2D eigenvalue weighted by atomic mass is 9.86. The maximum Gasteiger partial charge on any atom is 0.347 e. The van der Waals surface area contributed by atoms with Crippen LogP contribution in [0.15, 0.2) is 114 Å². The number of aliphatic hydroxyl groups is 2. The maximum atomic E-state index is 13.9. The van der Waals surface area contributed by atoms with E-state index in [4.69, 9.17) is 9.47 Å². The minimum absolute atomic E-state index is 0. The first-order valence-electron chi connectivity index (χ1n) is 22.3. The molecule has 1 aromatic heterocycles. The Morgan fingerprint density at radius 2 is 1.48 bits per heavy atom. The third kappa shape index (κ3) is 11.2. The first-order valence-corrected chi connectivity index (χ1v) is 22.3. The molecule has 3 aliphatic heterocycles. The number of hydrogen-bond donors (Lipinski definition) is 5. The van der Waals surface area contributed by atoms with E-state index in [1.165, 1.54) is 17.7 Å². The lowest BCUT2D eigenvalue weighted by Crippen LogP contribution is -2.58. The van der Waals surface area contributed by atoms with Gasteiger partial charge in [0.15, 0.2) is 6.61 Å². The van der Waals surface area contributed by atoms with Crippen molar-refractivity contribution < 1.29 is 39.2 Å². The number of carbonyl (C=O) groups is 3. The zero-order valence-electron chi connectivity index (χ0n) is 36.4. The van der Waals surface area contributed by atoms with Gasteiger partial charge in [-0.1, -0.05) is 78.9 Å². The van der Waals surface area contributed by atoms with Crippen LogP contribution >= 0.6 is 13.5 Å². The molecule has 0 bridgehead atoms. The standard InChI is InChI=1S/C50H57N5O9.H2S/c56-43-16-14-41(42-15-17-45(58)52-47(42)43)44(57)28-51-27-34-20-24-54(25-21-34)48(60)37-30-55(31-37)46(59)33-63-40-13-7-12-39(26-40)50(62,38-10-5-2-6-11-38)49(61)64-32-36-18-22-53(23-19-36)29-35-8-3-1-4-9-35;/h1-17,26,34,36-37,44,51,56-57,62H,18-25,27-33H2,(H,52,58);1H2/t44-,50-;/m0./s1. The number of aromatic amines is 1. The highest BCUT2D eigenvalue weighted by Gasteiger charge is 2.43. The second-order valence-electron chi connectivity index (χ2n) is 17.4. The number of piperidine rings is 2. The van der Waals surface area contributed by atoms with Gasteiger partial charge < -0.3 is 44.9 Å². The highest BCUT2D eigenvalue weighted by atomic mass is 32.1. The molecular weight excluding hydrogens is 847 g/mol. The monoisotopic (exact) mass is 905 g/mol. The number of rotatable bonds is 16. The molecule has 14 nitrogen and oxygen atoms in total. The lowest BCUT2D eigenvalue weighted by Gasteiger charge is -2.42. The summed E-state index contributed by atoms with van der Waals surface area (Å²) in [6.45, 7) is 5.43. The summed E-state index contributed by atoms with van der Waals surface area (Å²) < 4.78 is 11.8. The van der Waals surface area contributed by atoms with E-state index in [1.54, 1.807) is 65.6 Å². The molecule has 3 aliphatic rings. The quantitative estimate of drug-likeness (QED) is 0.0883. The molecule has 5 N–H and O–H groups in total. The van der Waals surface area contributed by atoms with E-state index in [2.05, 4.69) is 27.3 Å². The van der Waals surface area contributed by atoms with Crippen molar-refractivity contribution in [3.8, 4) is 11.5 Å². The molecule has 0 unspecified atom stereocenters. The molecule has 3 saturated heterocycles. The molecule has 15 heteroatoms. The summed E-state index contributed by atoms with van der Waals surface area (Å²) in [4.78, 5) is 60.7. The number of esters is 1. The van der Waals surface area contributed by atoms with Gasteiger partial charge in [0.05, 0.1) is 24.1 Å². The zero-order chi connectivity index (χ0) is 44.6. The third-order valence-corrected chi connectivity index (χ3v) is 13.1. The Labute approximate surface area is 385 Å². The van der Waals surface area contributed by atoms with Crippen LogP contribution in [0.4, 0.5) is 0 Å². The van der Waals surface area contributed by atoms with Crippen LogP contribution in [0, 0.1) is 17.8 Å². The topological polar surface area (TPSA) is 185 Å². The minimum atomic E-state index is -2.11. The number of amides is 2. The van der Waals surface area contributed by atoms with Crippen LogP contribution in [-0.2, 0) is 31.3 Å². The number of nitrogens with one attached hydrogen (secondary N) is 2. The number of pyridine rings is 1. The van der Waals surface area contributed by atoms with Crippen molar-refractivity contribution in [2.24, 2.45) is 17.8 Å². The predicted octanol–water partition coefficient (Wildman–Crippen LogP) is 4.44. The molecular formula is C50H59N5O9S. The molecule has 4 aromatic carbocycles. The van der Waals surface area contributed by atoms with Crippen LogP contribution in [0.2, 0.25) is 0 Å². The molecule has 344 valence electrons. The number of ether oxygens (including phenoxy) is 2. The molecule has 5 aromatic rings. The van der Waals surface area contributed by atoms with Crippen molar-refractivity contribution in [2.75, 3.05) is 65.6 Å². The Balaban J connectivity index is 0.00000630. The van der Waals surface area contributed by atoms with E-state index < -0.39 is 17.7 Å². The number of carbonyl (C=O) groups excluding carboxylic acids is 3. The van der Waals surface area contributed by atoms with Crippen molar-refractivity contribution in [1.29, 1.82) is 0 Å². The summed E-state index contributed by atoms with van der Waals surface area (Å²) in [5.74, 6) is -0.510. The average Bonchev–Trinajstić information content (AvgIpc) is 3.31. The predicted molar refractivity (Wildman–Crippen MR) is 251 cm³/mol. The molecule has 3 fully saturated rings. The van der Waals surface area contributed by atoms with Crippen molar-refractivity contribution in [2.45, 2.75) is 43.9 Å². The lowest BCUT2D eigenvalue weighted by molar-refractivity contribution is -0.164. The summed E-state index contributed by atoms with van der Waals surface area (Å²) >= 11 is 0. The van der Waals surface area contributed by atoms with Gasteiger partial charge in [-0.2, -0.15) is 13.5 Å². The molecule has 2 amide bonds. The largest absolute Gasteiger partial charge is 0.506 e.